The van der Waals surface area contributed by atoms with Crippen molar-refractivity contribution in [1.29, 1.82) is 0 Å². The maximum Gasteiger partial charge on any atom is 0.251 e. The van der Waals surface area contributed by atoms with Crippen molar-refractivity contribution in [2.45, 2.75) is 23.7 Å². The molecule has 1 unspecified atom stereocenters. The standard InChI is InChI=1S/C14H15N7OS2/c1-2-23-14-18-17-13(24-14)16-12(22)11(21-9-15-19-20-21)8-10-6-4-3-5-7-10/h3-7,9,11H,2,8H2,1H3,(H,16,17,22). The fourth-order valence-electron chi connectivity index (χ4n) is 2.09. The van der Waals surface area contributed by atoms with Crippen LogP contribution >= 0.6 is 23.1 Å². The van der Waals surface area contributed by atoms with Gasteiger partial charge in [-0.1, -0.05) is 60.4 Å². The highest BCUT2D eigenvalue weighted by Gasteiger charge is 2.23. The second kappa shape index (κ2) is 7.97. The minimum atomic E-state index is -0.562. The number of hydrogen-bond acceptors (Lipinski definition) is 8. The smallest absolute Gasteiger partial charge is 0.251 e. The Morgan fingerprint density at radius 1 is 1.33 bits per heavy atom. The molecular formula is C14H15N7OS2. The summed E-state index contributed by atoms with van der Waals surface area (Å²) >= 11 is 2.94. The maximum absolute atomic E-state index is 12.7. The molecule has 1 N–H and O–H groups in total. The molecule has 0 spiro atoms. The number of hydrogen-bond donors (Lipinski definition) is 1. The summed E-state index contributed by atoms with van der Waals surface area (Å²) in [6.45, 7) is 2.04. The van der Waals surface area contributed by atoms with Gasteiger partial charge in [0.1, 0.15) is 12.4 Å². The number of thioether (sulfide) groups is 1. The van der Waals surface area contributed by atoms with E-state index in [4.69, 9.17) is 0 Å². The van der Waals surface area contributed by atoms with Crippen molar-refractivity contribution >= 4 is 34.1 Å². The Morgan fingerprint density at radius 3 is 2.88 bits per heavy atom. The number of aromatic nitrogens is 6. The average Bonchev–Trinajstić information content (AvgIpc) is 3.26. The maximum atomic E-state index is 12.7. The van der Waals surface area contributed by atoms with Gasteiger partial charge in [0, 0.05) is 6.42 Å². The predicted molar refractivity (Wildman–Crippen MR) is 91.9 cm³/mol. The van der Waals surface area contributed by atoms with Crippen LogP contribution in [0.1, 0.15) is 18.5 Å². The van der Waals surface area contributed by atoms with E-state index in [1.54, 1.807) is 11.8 Å². The number of carbonyl (C=O) groups is 1. The van der Waals surface area contributed by atoms with Gasteiger partial charge in [-0.05, 0) is 21.7 Å². The Morgan fingerprint density at radius 2 is 2.17 bits per heavy atom. The van der Waals surface area contributed by atoms with Crippen molar-refractivity contribution < 1.29 is 4.79 Å². The first-order valence-electron chi connectivity index (χ1n) is 7.30. The summed E-state index contributed by atoms with van der Waals surface area (Å²) in [6, 6.07) is 9.17. The van der Waals surface area contributed by atoms with Crippen molar-refractivity contribution in [2.75, 3.05) is 11.1 Å². The molecule has 0 fully saturated rings. The third kappa shape index (κ3) is 4.15. The average molecular weight is 361 g/mol. The van der Waals surface area contributed by atoms with Crippen LogP contribution in [0, 0.1) is 0 Å². The van der Waals surface area contributed by atoms with E-state index in [-0.39, 0.29) is 5.91 Å². The van der Waals surface area contributed by atoms with Crippen LogP contribution in [0.2, 0.25) is 0 Å². The molecule has 24 heavy (non-hydrogen) atoms. The molecule has 3 rings (SSSR count). The van der Waals surface area contributed by atoms with Gasteiger partial charge >= 0.3 is 0 Å². The third-order valence-corrected chi connectivity index (χ3v) is 5.02. The van der Waals surface area contributed by atoms with Crippen molar-refractivity contribution in [3.8, 4) is 0 Å². The lowest BCUT2D eigenvalue weighted by Gasteiger charge is -2.15. The van der Waals surface area contributed by atoms with Gasteiger partial charge in [0.05, 0.1) is 0 Å². The van der Waals surface area contributed by atoms with Crippen molar-refractivity contribution in [1.82, 2.24) is 30.4 Å². The van der Waals surface area contributed by atoms with Crippen LogP contribution in [-0.2, 0) is 11.2 Å². The summed E-state index contributed by atoms with van der Waals surface area (Å²) in [5.41, 5.74) is 1.02. The quantitative estimate of drug-likeness (QED) is 0.508. The SMILES string of the molecule is CCSc1nnc(NC(=O)C(Cc2ccccc2)n2cnnn2)s1. The van der Waals surface area contributed by atoms with Crippen LogP contribution in [0.4, 0.5) is 5.13 Å². The molecule has 3 aromatic rings. The lowest BCUT2D eigenvalue weighted by atomic mass is 10.1. The number of carbonyl (C=O) groups excluding carboxylic acids is 1. The summed E-state index contributed by atoms with van der Waals surface area (Å²) in [6.07, 6.45) is 1.92. The number of nitrogens with one attached hydrogen (secondary N) is 1. The summed E-state index contributed by atoms with van der Waals surface area (Å²) in [5, 5.41) is 22.4. The molecule has 2 aromatic heterocycles. The van der Waals surface area contributed by atoms with Gasteiger partial charge in [-0.2, -0.15) is 0 Å². The summed E-state index contributed by atoms with van der Waals surface area (Å²) in [5.74, 6) is 0.680. The highest BCUT2D eigenvalue weighted by molar-refractivity contribution is 8.01. The van der Waals surface area contributed by atoms with Crippen LogP contribution < -0.4 is 5.32 Å². The fraction of sp³-hybridized carbons (Fsp3) is 0.286. The molecular weight excluding hydrogens is 346 g/mol. The van der Waals surface area contributed by atoms with Gasteiger partial charge < -0.3 is 0 Å². The Hall–Kier alpha value is -2.33. The van der Waals surface area contributed by atoms with Gasteiger partial charge in [-0.3, -0.25) is 10.1 Å². The van der Waals surface area contributed by atoms with E-state index in [1.165, 1.54) is 22.3 Å². The molecule has 124 valence electrons. The Labute approximate surface area is 146 Å². The van der Waals surface area contributed by atoms with E-state index in [0.29, 0.717) is 11.6 Å². The molecule has 0 aliphatic rings. The zero-order chi connectivity index (χ0) is 16.8. The molecule has 10 heteroatoms. The highest BCUT2D eigenvalue weighted by Crippen LogP contribution is 2.26. The predicted octanol–water partition coefficient (Wildman–Crippen LogP) is 2.06. The molecule has 2 heterocycles. The van der Waals surface area contributed by atoms with Gasteiger partial charge in [0.15, 0.2) is 4.34 Å². The molecule has 0 radical (unpaired) electrons. The molecule has 0 aliphatic heterocycles. The second-order valence-electron chi connectivity index (χ2n) is 4.79. The van der Waals surface area contributed by atoms with Crippen LogP contribution in [-0.4, -0.2) is 42.1 Å². The van der Waals surface area contributed by atoms with E-state index >= 15 is 0 Å². The second-order valence-corrected chi connectivity index (χ2v) is 7.28. The minimum Gasteiger partial charge on any atom is -0.299 e. The number of benzene rings is 1. The molecule has 0 bridgehead atoms. The third-order valence-electron chi connectivity index (χ3n) is 3.16. The van der Waals surface area contributed by atoms with Crippen molar-refractivity contribution in [3.05, 3.63) is 42.2 Å². The first-order valence-corrected chi connectivity index (χ1v) is 9.10. The van der Waals surface area contributed by atoms with Gasteiger partial charge in [0.2, 0.25) is 5.13 Å². The highest BCUT2D eigenvalue weighted by atomic mass is 32.2. The fourth-order valence-corrected chi connectivity index (χ4v) is 3.74. The molecule has 8 nitrogen and oxygen atoms in total. The van der Waals surface area contributed by atoms with E-state index < -0.39 is 6.04 Å². The zero-order valence-electron chi connectivity index (χ0n) is 12.9. The van der Waals surface area contributed by atoms with Gasteiger partial charge in [0.25, 0.3) is 5.91 Å². The lowest BCUT2D eigenvalue weighted by Crippen LogP contribution is -2.28. The normalized spacial score (nSPS) is 12.0. The Bertz CT molecular complexity index is 776. The minimum absolute atomic E-state index is 0.227. The van der Waals surface area contributed by atoms with Crippen molar-refractivity contribution in [2.24, 2.45) is 0 Å². The monoisotopic (exact) mass is 361 g/mol. The topological polar surface area (TPSA) is 98.5 Å². The van der Waals surface area contributed by atoms with Crippen molar-refractivity contribution in [3.63, 3.8) is 0 Å². The molecule has 0 saturated heterocycles. The molecule has 0 saturated carbocycles. The zero-order valence-corrected chi connectivity index (χ0v) is 14.5. The van der Waals surface area contributed by atoms with Crippen LogP contribution in [0.25, 0.3) is 0 Å². The number of rotatable bonds is 7. The van der Waals surface area contributed by atoms with Gasteiger partial charge in [-0.25, -0.2) is 4.68 Å². The molecule has 1 aromatic carbocycles. The first kappa shape index (κ1) is 16.5. The Balaban J connectivity index is 1.75. The Kier molecular flexibility index (Phi) is 5.49. The number of nitrogens with zero attached hydrogens (tertiary/aromatic N) is 6. The lowest BCUT2D eigenvalue weighted by molar-refractivity contribution is -0.119. The van der Waals surface area contributed by atoms with E-state index in [9.17, 15) is 4.79 Å². The largest absolute Gasteiger partial charge is 0.299 e. The van der Waals surface area contributed by atoms with Crippen LogP contribution in [0.3, 0.4) is 0 Å². The van der Waals surface area contributed by atoms with E-state index in [2.05, 4.69) is 31.0 Å². The first-order chi connectivity index (χ1) is 11.8. The summed E-state index contributed by atoms with van der Waals surface area (Å²) < 4.78 is 2.28. The van der Waals surface area contributed by atoms with Gasteiger partial charge in [-0.15, -0.1) is 15.3 Å². The van der Waals surface area contributed by atoms with E-state index in [0.717, 1.165) is 15.7 Å². The number of tetrazole rings is 1. The number of anilines is 1. The van der Waals surface area contributed by atoms with Crippen LogP contribution in [0.15, 0.2) is 41.0 Å². The molecule has 1 amide bonds. The van der Waals surface area contributed by atoms with Crippen LogP contribution in [0.5, 0.6) is 0 Å². The summed E-state index contributed by atoms with van der Waals surface area (Å²) in [7, 11) is 0. The molecule has 1 atom stereocenters. The van der Waals surface area contributed by atoms with E-state index in [1.807, 2.05) is 37.3 Å². The molecule has 0 aliphatic carbocycles. The number of amides is 1. The summed E-state index contributed by atoms with van der Waals surface area (Å²) in [4.78, 5) is 12.7.